The maximum absolute atomic E-state index is 12.0. The summed E-state index contributed by atoms with van der Waals surface area (Å²) in [5.74, 6) is 2.08. The van der Waals surface area contributed by atoms with E-state index in [2.05, 4.69) is 5.32 Å². The molecule has 3 nitrogen and oxygen atoms in total. The van der Waals surface area contributed by atoms with E-state index in [1.165, 1.54) is 5.56 Å². The molecule has 2 aromatic rings. The number of thioether (sulfide) groups is 1. The van der Waals surface area contributed by atoms with Crippen LogP contribution >= 0.6 is 35.0 Å². The predicted molar refractivity (Wildman–Crippen MR) is 102 cm³/mol. The van der Waals surface area contributed by atoms with Gasteiger partial charge in [-0.1, -0.05) is 47.5 Å². The molecule has 0 saturated heterocycles. The number of rotatable bonds is 8. The van der Waals surface area contributed by atoms with Gasteiger partial charge in [-0.2, -0.15) is 11.8 Å². The molecule has 2 aromatic carbocycles. The average molecular weight is 384 g/mol. The van der Waals surface area contributed by atoms with Crippen molar-refractivity contribution >= 4 is 40.9 Å². The van der Waals surface area contributed by atoms with Gasteiger partial charge >= 0.3 is 0 Å². The van der Waals surface area contributed by atoms with Crippen molar-refractivity contribution in [3.8, 4) is 5.75 Å². The van der Waals surface area contributed by atoms with Gasteiger partial charge in [0.15, 0.2) is 6.10 Å². The van der Waals surface area contributed by atoms with E-state index >= 15 is 0 Å². The molecule has 0 heterocycles. The SMILES string of the molecule is C[C@@H](Oc1ccccc1Cl)C(=O)NCCSCc1ccc(Cl)cc1. The van der Waals surface area contributed by atoms with Crippen LogP contribution in [0, 0.1) is 0 Å². The van der Waals surface area contributed by atoms with Crippen LogP contribution in [-0.4, -0.2) is 24.3 Å². The fourth-order valence-electron chi connectivity index (χ4n) is 1.95. The number of hydrogen-bond donors (Lipinski definition) is 1. The smallest absolute Gasteiger partial charge is 0.260 e. The first kappa shape index (κ1) is 19.0. The minimum atomic E-state index is -0.592. The summed E-state index contributed by atoms with van der Waals surface area (Å²) in [4.78, 5) is 12.0. The lowest BCUT2D eigenvalue weighted by molar-refractivity contribution is -0.127. The molecule has 0 aliphatic heterocycles. The first-order valence-corrected chi connectivity index (χ1v) is 9.48. The largest absolute Gasteiger partial charge is 0.479 e. The quantitative estimate of drug-likeness (QED) is 0.664. The molecule has 0 radical (unpaired) electrons. The molecular formula is C18H19Cl2NO2S. The van der Waals surface area contributed by atoms with Gasteiger partial charge in [0.1, 0.15) is 5.75 Å². The molecule has 0 spiro atoms. The maximum Gasteiger partial charge on any atom is 0.260 e. The molecule has 0 fully saturated rings. The highest BCUT2D eigenvalue weighted by atomic mass is 35.5. The zero-order chi connectivity index (χ0) is 17.4. The molecule has 6 heteroatoms. The van der Waals surface area contributed by atoms with Crippen molar-refractivity contribution in [2.75, 3.05) is 12.3 Å². The molecular weight excluding hydrogens is 365 g/mol. The van der Waals surface area contributed by atoms with Crippen LogP contribution in [0.5, 0.6) is 5.75 Å². The molecule has 0 bridgehead atoms. The Balaban J connectivity index is 1.65. The van der Waals surface area contributed by atoms with Crippen molar-refractivity contribution in [1.29, 1.82) is 0 Å². The minimum absolute atomic E-state index is 0.151. The zero-order valence-corrected chi connectivity index (χ0v) is 15.6. The van der Waals surface area contributed by atoms with Crippen molar-refractivity contribution in [1.82, 2.24) is 5.32 Å². The number of carbonyl (C=O) groups is 1. The highest BCUT2D eigenvalue weighted by Gasteiger charge is 2.15. The maximum atomic E-state index is 12.0. The number of para-hydroxylation sites is 1. The van der Waals surface area contributed by atoms with Crippen molar-refractivity contribution < 1.29 is 9.53 Å². The molecule has 0 saturated carbocycles. The second-order valence-corrected chi connectivity index (χ2v) is 7.11. The molecule has 0 aliphatic carbocycles. The zero-order valence-electron chi connectivity index (χ0n) is 13.3. The number of halogens is 2. The molecule has 0 aromatic heterocycles. The molecule has 0 unspecified atom stereocenters. The van der Waals surface area contributed by atoms with E-state index in [-0.39, 0.29) is 5.91 Å². The lowest BCUT2D eigenvalue weighted by Gasteiger charge is -2.15. The Morgan fingerprint density at radius 3 is 2.58 bits per heavy atom. The molecule has 128 valence electrons. The summed E-state index contributed by atoms with van der Waals surface area (Å²) < 4.78 is 5.58. The van der Waals surface area contributed by atoms with Gasteiger partial charge < -0.3 is 10.1 Å². The van der Waals surface area contributed by atoms with Crippen LogP contribution in [0.2, 0.25) is 10.0 Å². The third-order valence-electron chi connectivity index (χ3n) is 3.24. The normalized spacial score (nSPS) is 11.8. The van der Waals surface area contributed by atoms with E-state index in [1.807, 2.05) is 36.4 Å². The van der Waals surface area contributed by atoms with E-state index in [4.69, 9.17) is 27.9 Å². The molecule has 1 N–H and O–H groups in total. The number of hydrogen-bond acceptors (Lipinski definition) is 3. The number of ether oxygens (including phenoxy) is 1. The first-order chi connectivity index (χ1) is 11.6. The van der Waals surface area contributed by atoms with Crippen molar-refractivity contribution in [3.63, 3.8) is 0 Å². The minimum Gasteiger partial charge on any atom is -0.479 e. The predicted octanol–water partition coefficient (Wildman–Crippen LogP) is 4.81. The Labute approximate surface area is 156 Å². The van der Waals surface area contributed by atoms with Gasteiger partial charge in [-0.3, -0.25) is 4.79 Å². The van der Waals surface area contributed by atoms with Crippen LogP contribution in [0.25, 0.3) is 0 Å². The number of amides is 1. The van der Waals surface area contributed by atoms with Crippen LogP contribution in [0.1, 0.15) is 12.5 Å². The Hall–Kier alpha value is -1.36. The molecule has 24 heavy (non-hydrogen) atoms. The van der Waals surface area contributed by atoms with Crippen LogP contribution in [0.4, 0.5) is 0 Å². The van der Waals surface area contributed by atoms with E-state index < -0.39 is 6.10 Å². The standard InChI is InChI=1S/C18H19Cl2NO2S/c1-13(23-17-5-3-2-4-16(17)20)18(22)21-10-11-24-12-14-6-8-15(19)9-7-14/h2-9,13H,10-12H2,1H3,(H,21,22)/t13-/m1/s1. The Bertz CT molecular complexity index is 664. The van der Waals surface area contributed by atoms with Crippen molar-refractivity contribution in [2.45, 2.75) is 18.8 Å². The molecule has 1 amide bonds. The monoisotopic (exact) mass is 383 g/mol. The summed E-state index contributed by atoms with van der Waals surface area (Å²) in [6, 6.07) is 14.9. The lowest BCUT2D eigenvalue weighted by Crippen LogP contribution is -2.37. The van der Waals surface area contributed by atoms with Crippen molar-refractivity contribution in [2.24, 2.45) is 0 Å². The highest BCUT2D eigenvalue weighted by molar-refractivity contribution is 7.98. The fourth-order valence-corrected chi connectivity index (χ4v) is 3.07. The first-order valence-electron chi connectivity index (χ1n) is 7.57. The van der Waals surface area contributed by atoms with Gasteiger partial charge in [-0.05, 0) is 36.8 Å². The van der Waals surface area contributed by atoms with Gasteiger partial charge in [0, 0.05) is 23.1 Å². The summed E-state index contributed by atoms with van der Waals surface area (Å²) in [5, 5.41) is 4.10. The average Bonchev–Trinajstić information content (AvgIpc) is 2.58. The van der Waals surface area contributed by atoms with Gasteiger partial charge in [-0.15, -0.1) is 0 Å². The number of benzene rings is 2. The summed E-state index contributed by atoms with van der Waals surface area (Å²) in [7, 11) is 0. The van der Waals surface area contributed by atoms with Gasteiger partial charge in [0.2, 0.25) is 0 Å². The second kappa shape index (κ2) is 9.82. The third kappa shape index (κ3) is 6.27. The van der Waals surface area contributed by atoms with Gasteiger partial charge in [-0.25, -0.2) is 0 Å². The Morgan fingerprint density at radius 2 is 1.88 bits per heavy atom. The lowest BCUT2D eigenvalue weighted by atomic mass is 10.2. The van der Waals surface area contributed by atoms with E-state index in [0.29, 0.717) is 17.3 Å². The van der Waals surface area contributed by atoms with E-state index in [9.17, 15) is 4.79 Å². The fraction of sp³-hybridized carbons (Fsp3) is 0.278. The van der Waals surface area contributed by atoms with E-state index in [1.54, 1.807) is 30.8 Å². The summed E-state index contributed by atoms with van der Waals surface area (Å²) >= 11 is 13.6. The summed E-state index contributed by atoms with van der Waals surface area (Å²) in [5.41, 5.74) is 1.21. The van der Waals surface area contributed by atoms with E-state index in [0.717, 1.165) is 16.5 Å². The topological polar surface area (TPSA) is 38.3 Å². The van der Waals surface area contributed by atoms with Crippen molar-refractivity contribution in [3.05, 3.63) is 64.1 Å². The molecule has 1 atom stereocenters. The second-order valence-electron chi connectivity index (χ2n) is 5.16. The molecule has 2 rings (SSSR count). The van der Waals surface area contributed by atoms with Crippen LogP contribution < -0.4 is 10.1 Å². The summed E-state index contributed by atoms with van der Waals surface area (Å²) in [6.07, 6.45) is -0.592. The highest BCUT2D eigenvalue weighted by Crippen LogP contribution is 2.24. The Kier molecular flexibility index (Phi) is 7.76. The van der Waals surface area contributed by atoms with Gasteiger partial charge in [0.25, 0.3) is 5.91 Å². The number of nitrogens with one attached hydrogen (secondary N) is 1. The Morgan fingerprint density at radius 1 is 1.17 bits per heavy atom. The summed E-state index contributed by atoms with van der Waals surface area (Å²) in [6.45, 7) is 2.30. The van der Waals surface area contributed by atoms with Crippen LogP contribution in [-0.2, 0) is 10.5 Å². The van der Waals surface area contributed by atoms with Crippen LogP contribution in [0.3, 0.4) is 0 Å². The van der Waals surface area contributed by atoms with Gasteiger partial charge in [0.05, 0.1) is 5.02 Å². The number of carbonyl (C=O) groups excluding carboxylic acids is 1. The molecule has 0 aliphatic rings. The third-order valence-corrected chi connectivity index (χ3v) is 4.83. The van der Waals surface area contributed by atoms with Crippen LogP contribution in [0.15, 0.2) is 48.5 Å².